The number of carbonyl (C=O) groups is 3. The zero-order chi connectivity index (χ0) is 16.8. The molecule has 1 aromatic heterocycles. The second-order valence-electron chi connectivity index (χ2n) is 4.90. The van der Waals surface area contributed by atoms with E-state index in [-0.39, 0.29) is 18.4 Å². The van der Waals surface area contributed by atoms with E-state index in [0.29, 0.717) is 0 Å². The van der Waals surface area contributed by atoms with Crippen LogP contribution in [0.4, 0.5) is 0 Å². The van der Waals surface area contributed by atoms with Gasteiger partial charge in [0.2, 0.25) is 0 Å². The number of amides is 1. The van der Waals surface area contributed by atoms with Gasteiger partial charge in [0.1, 0.15) is 6.04 Å². The largest absolute Gasteiger partial charge is 0.480 e. The molecule has 2 aromatic rings. The number of hydrogen-bond donors (Lipinski definition) is 2. The van der Waals surface area contributed by atoms with Gasteiger partial charge in [-0.15, -0.1) is 0 Å². The highest BCUT2D eigenvalue weighted by atomic mass is 16.5. The van der Waals surface area contributed by atoms with Gasteiger partial charge in [0.05, 0.1) is 18.2 Å². The normalized spacial score (nSPS) is 11.7. The van der Waals surface area contributed by atoms with Gasteiger partial charge < -0.3 is 15.2 Å². The van der Waals surface area contributed by atoms with Gasteiger partial charge in [-0.25, -0.2) is 4.79 Å². The Morgan fingerprint density at radius 3 is 2.74 bits per heavy atom. The molecule has 0 bridgehead atoms. The van der Waals surface area contributed by atoms with Crippen molar-refractivity contribution in [2.45, 2.75) is 18.9 Å². The second kappa shape index (κ2) is 7.35. The zero-order valence-electron chi connectivity index (χ0n) is 12.5. The summed E-state index contributed by atoms with van der Waals surface area (Å²) >= 11 is 0. The third-order valence-corrected chi connectivity index (χ3v) is 3.32. The lowest BCUT2D eigenvalue weighted by Crippen LogP contribution is -2.41. The third-order valence-electron chi connectivity index (χ3n) is 3.32. The Morgan fingerprint density at radius 2 is 2.04 bits per heavy atom. The van der Waals surface area contributed by atoms with Crippen LogP contribution in [-0.2, 0) is 14.3 Å². The molecular weight excluding hydrogens is 300 g/mol. The Bertz CT molecular complexity index is 744. The van der Waals surface area contributed by atoms with Gasteiger partial charge in [-0.1, -0.05) is 18.2 Å². The number of carbonyl (C=O) groups excluding carboxylic acids is 2. The van der Waals surface area contributed by atoms with Crippen molar-refractivity contribution in [2.24, 2.45) is 0 Å². The number of nitrogens with zero attached hydrogens (tertiary/aromatic N) is 1. The SMILES string of the molecule is COC(=O)CC[C@@H](NC(=O)c1cnc2ccccc2c1)C(=O)O. The lowest BCUT2D eigenvalue weighted by molar-refractivity contribution is -0.142. The van der Waals surface area contributed by atoms with Gasteiger partial charge in [-0.3, -0.25) is 14.6 Å². The van der Waals surface area contributed by atoms with Crippen molar-refractivity contribution in [2.75, 3.05) is 7.11 Å². The summed E-state index contributed by atoms with van der Waals surface area (Å²) in [6, 6.07) is 7.74. The maximum Gasteiger partial charge on any atom is 0.326 e. The summed E-state index contributed by atoms with van der Waals surface area (Å²) in [7, 11) is 1.22. The third kappa shape index (κ3) is 4.26. The summed E-state index contributed by atoms with van der Waals surface area (Å²) in [5, 5.41) is 12.3. The molecule has 0 saturated carbocycles. The van der Waals surface area contributed by atoms with Crippen LogP contribution in [-0.4, -0.2) is 41.1 Å². The van der Waals surface area contributed by atoms with E-state index in [0.717, 1.165) is 10.9 Å². The molecule has 2 N–H and O–H groups in total. The predicted molar refractivity (Wildman–Crippen MR) is 81.9 cm³/mol. The molecule has 0 aliphatic heterocycles. The molecule has 0 radical (unpaired) electrons. The molecule has 7 nitrogen and oxygen atoms in total. The summed E-state index contributed by atoms with van der Waals surface area (Å²) in [6.45, 7) is 0. The molecule has 23 heavy (non-hydrogen) atoms. The molecule has 0 unspecified atom stereocenters. The molecular formula is C16H16N2O5. The summed E-state index contributed by atoms with van der Waals surface area (Å²) in [4.78, 5) is 38.6. The fourth-order valence-corrected chi connectivity index (χ4v) is 2.06. The maximum absolute atomic E-state index is 12.2. The first kappa shape index (κ1) is 16.4. The summed E-state index contributed by atoms with van der Waals surface area (Å²) < 4.78 is 4.46. The lowest BCUT2D eigenvalue weighted by Gasteiger charge is -2.14. The fourth-order valence-electron chi connectivity index (χ4n) is 2.06. The van der Waals surface area contributed by atoms with E-state index in [1.165, 1.54) is 13.3 Å². The highest BCUT2D eigenvalue weighted by Gasteiger charge is 2.22. The van der Waals surface area contributed by atoms with Crippen molar-refractivity contribution in [3.8, 4) is 0 Å². The topological polar surface area (TPSA) is 106 Å². The van der Waals surface area contributed by atoms with Crippen LogP contribution in [0.2, 0.25) is 0 Å². The number of carboxylic acid groups (broad SMARTS) is 1. The van der Waals surface area contributed by atoms with Gasteiger partial charge in [0.15, 0.2) is 0 Å². The van der Waals surface area contributed by atoms with Crippen LogP contribution >= 0.6 is 0 Å². The van der Waals surface area contributed by atoms with Crippen molar-refractivity contribution < 1.29 is 24.2 Å². The lowest BCUT2D eigenvalue weighted by atomic mass is 10.1. The average Bonchev–Trinajstić information content (AvgIpc) is 2.57. The van der Waals surface area contributed by atoms with E-state index in [1.807, 2.05) is 24.3 Å². The van der Waals surface area contributed by atoms with Crippen molar-refractivity contribution >= 4 is 28.7 Å². The van der Waals surface area contributed by atoms with E-state index in [4.69, 9.17) is 5.11 Å². The number of aliphatic carboxylic acids is 1. The second-order valence-corrected chi connectivity index (χ2v) is 4.90. The number of methoxy groups -OCH3 is 1. The summed E-state index contributed by atoms with van der Waals surface area (Å²) in [5.74, 6) is -2.30. The number of nitrogens with one attached hydrogen (secondary N) is 1. The molecule has 0 fully saturated rings. The first-order valence-electron chi connectivity index (χ1n) is 6.96. The van der Waals surface area contributed by atoms with Crippen LogP contribution in [0, 0.1) is 0 Å². The van der Waals surface area contributed by atoms with E-state index in [9.17, 15) is 14.4 Å². The zero-order valence-corrected chi connectivity index (χ0v) is 12.5. The molecule has 7 heteroatoms. The predicted octanol–water partition coefficient (Wildman–Crippen LogP) is 1.37. The Balaban J connectivity index is 2.10. The van der Waals surface area contributed by atoms with Gasteiger partial charge in [0.25, 0.3) is 5.91 Å². The average molecular weight is 316 g/mol. The van der Waals surface area contributed by atoms with Gasteiger partial charge in [-0.2, -0.15) is 0 Å². The minimum absolute atomic E-state index is 0.0469. The van der Waals surface area contributed by atoms with Crippen LogP contribution in [0.1, 0.15) is 23.2 Å². The van der Waals surface area contributed by atoms with Crippen LogP contribution in [0.25, 0.3) is 10.9 Å². The van der Waals surface area contributed by atoms with E-state index >= 15 is 0 Å². The molecule has 120 valence electrons. The minimum atomic E-state index is -1.21. The van der Waals surface area contributed by atoms with Crippen LogP contribution in [0.15, 0.2) is 36.5 Å². The van der Waals surface area contributed by atoms with Crippen molar-refractivity contribution in [1.82, 2.24) is 10.3 Å². The van der Waals surface area contributed by atoms with Gasteiger partial charge in [0, 0.05) is 18.0 Å². The van der Waals surface area contributed by atoms with Gasteiger partial charge >= 0.3 is 11.9 Å². The van der Waals surface area contributed by atoms with Crippen molar-refractivity contribution in [1.29, 1.82) is 0 Å². The number of carboxylic acids is 1. The highest BCUT2D eigenvalue weighted by molar-refractivity contribution is 5.99. The van der Waals surface area contributed by atoms with Crippen molar-refractivity contribution in [3.63, 3.8) is 0 Å². The van der Waals surface area contributed by atoms with Crippen LogP contribution in [0.5, 0.6) is 0 Å². The molecule has 1 amide bonds. The van der Waals surface area contributed by atoms with E-state index in [1.54, 1.807) is 6.07 Å². The maximum atomic E-state index is 12.2. The number of para-hydroxylation sites is 1. The standard InChI is InChI=1S/C16H16N2O5/c1-23-14(19)7-6-13(16(21)22)18-15(20)11-8-10-4-2-3-5-12(10)17-9-11/h2-5,8-9,13H,6-7H2,1H3,(H,18,20)(H,21,22)/t13-/m1/s1. The monoisotopic (exact) mass is 316 g/mol. The molecule has 0 saturated heterocycles. The number of aromatic nitrogens is 1. The molecule has 0 spiro atoms. The van der Waals surface area contributed by atoms with E-state index in [2.05, 4.69) is 15.0 Å². The summed E-state index contributed by atoms with van der Waals surface area (Å²) in [5.41, 5.74) is 0.998. The molecule has 1 aromatic carbocycles. The number of benzene rings is 1. The van der Waals surface area contributed by atoms with E-state index < -0.39 is 23.9 Å². The van der Waals surface area contributed by atoms with Crippen LogP contribution < -0.4 is 5.32 Å². The molecule has 2 rings (SSSR count). The Morgan fingerprint density at radius 1 is 1.30 bits per heavy atom. The number of ether oxygens (including phenoxy) is 1. The first-order valence-corrected chi connectivity index (χ1v) is 6.96. The number of hydrogen-bond acceptors (Lipinski definition) is 5. The Kier molecular flexibility index (Phi) is 5.24. The highest BCUT2D eigenvalue weighted by Crippen LogP contribution is 2.13. The minimum Gasteiger partial charge on any atom is -0.480 e. The smallest absolute Gasteiger partial charge is 0.326 e. The van der Waals surface area contributed by atoms with Crippen molar-refractivity contribution in [3.05, 3.63) is 42.1 Å². The first-order chi connectivity index (χ1) is 11.0. The Labute approximate surface area is 132 Å². The molecule has 1 heterocycles. The number of esters is 1. The molecule has 0 aliphatic carbocycles. The Hall–Kier alpha value is -2.96. The number of fused-ring (bicyclic) bond motifs is 1. The number of rotatable bonds is 6. The molecule has 1 atom stereocenters. The van der Waals surface area contributed by atoms with Crippen LogP contribution in [0.3, 0.4) is 0 Å². The summed E-state index contributed by atoms with van der Waals surface area (Å²) in [6.07, 6.45) is 1.25. The van der Waals surface area contributed by atoms with Gasteiger partial charge in [-0.05, 0) is 18.6 Å². The molecule has 0 aliphatic rings. The fraction of sp³-hybridized carbons (Fsp3) is 0.250. The number of pyridine rings is 1. The quantitative estimate of drug-likeness (QED) is 0.780.